The van der Waals surface area contributed by atoms with E-state index in [4.69, 9.17) is 4.42 Å². The van der Waals surface area contributed by atoms with Gasteiger partial charge in [-0.05, 0) is 52.9 Å². The summed E-state index contributed by atoms with van der Waals surface area (Å²) in [4.78, 5) is 9.14. The van der Waals surface area contributed by atoms with E-state index in [1.807, 2.05) is 73.1 Å². The Morgan fingerprint density at radius 3 is 2.23 bits per heavy atom. The molecule has 4 aromatic carbocycles. The molecule has 0 aliphatic rings. The molecule has 3 heterocycles. The molecule has 0 spiro atoms. The van der Waals surface area contributed by atoms with Crippen molar-refractivity contribution in [1.29, 1.82) is 0 Å². The fourth-order valence-electron chi connectivity index (χ4n) is 5.58. The second-order valence-electron chi connectivity index (χ2n) is 13.4. The van der Waals surface area contributed by atoms with Gasteiger partial charge in [-0.15, -0.1) is 18.2 Å². The van der Waals surface area contributed by atoms with Crippen LogP contribution in [0.5, 0.6) is 0 Å². The quantitative estimate of drug-likeness (QED) is 0.123. The second kappa shape index (κ2) is 15.1. The van der Waals surface area contributed by atoms with E-state index in [0.29, 0.717) is 11.8 Å². The number of rotatable bonds is 6. The maximum atomic E-state index is 13.7. The molecular weight excluding hydrogens is 832 g/mol. The molecule has 0 saturated carbocycles. The molecule has 0 amide bonds. The van der Waals surface area contributed by atoms with Crippen molar-refractivity contribution in [3.63, 3.8) is 0 Å². The first-order chi connectivity index (χ1) is 22.6. The standard InChI is InChI=1S/C28H23FNO.C14H16GeN.Ir/c1-17(2)18(3)19-12-13-30-26(15-19)25-9-5-8-24-23-11-10-21(16-27(23)31-28(24)25)20-6-4-7-22(29)14-20;1-15(2,3)13-9-10-14(16-11-13)12-7-5-4-6-8-12;/h4-8,10-18H,1-3H3;4-7,9-11H,1-3H3;/q2*-1;. The minimum Gasteiger partial charge on any atom is 0 e. The first kappa shape index (κ1) is 35.4. The van der Waals surface area contributed by atoms with Gasteiger partial charge in [0.05, 0.1) is 5.58 Å². The van der Waals surface area contributed by atoms with E-state index in [2.05, 4.69) is 84.4 Å². The van der Waals surface area contributed by atoms with Gasteiger partial charge in [-0.25, -0.2) is 4.39 Å². The van der Waals surface area contributed by atoms with Crippen LogP contribution in [0.1, 0.15) is 32.3 Å². The van der Waals surface area contributed by atoms with Crippen molar-refractivity contribution in [3.8, 4) is 33.6 Å². The molecule has 6 heteroatoms. The summed E-state index contributed by atoms with van der Waals surface area (Å²) in [7, 11) is 0. The molecule has 1 unspecified atom stereocenters. The van der Waals surface area contributed by atoms with Crippen molar-refractivity contribution in [1.82, 2.24) is 9.97 Å². The van der Waals surface area contributed by atoms with Crippen LogP contribution in [0, 0.1) is 23.9 Å². The Kier molecular flexibility index (Phi) is 11.1. The van der Waals surface area contributed by atoms with Gasteiger partial charge in [0.15, 0.2) is 0 Å². The van der Waals surface area contributed by atoms with E-state index in [9.17, 15) is 4.39 Å². The summed E-state index contributed by atoms with van der Waals surface area (Å²) < 4.78 is 21.4. The Balaban J connectivity index is 0.000000224. The Morgan fingerprint density at radius 2 is 1.54 bits per heavy atom. The van der Waals surface area contributed by atoms with Gasteiger partial charge in [0.2, 0.25) is 0 Å². The molecule has 0 bridgehead atoms. The largest absolute Gasteiger partial charge is 0 e. The van der Waals surface area contributed by atoms with Gasteiger partial charge in [-0.3, -0.25) is 0 Å². The van der Waals surface area contributed by atoms with Gasteiger partial charge >= 0.3 is 99.8 Å². The van der Waals surface area contributed by atoms with Crippen LogP contribution in [0.4, 0.5) is 4.39 Å². The predicted molar refractivity (Wildman–Crippen MR) is 196 cm³/mol. The predicted octanol–water partition coefficient (Wildman–Crippen LogP) is 11.1. The molecule has 0 aliphatic heterocycles. The fourth-order valence-corrected chi connectivity index (χ4v) is 7.75. The third-order valence-electron chi connectivity index (χ3n) is 8.77. The zero-order valence-corrected chi connectivity index (χ0v) is 32.6. The van der Waals surface area contributed by atoms with E-state index in [1.54, 1.807) is 6.07 Å². The Bertz CT molecular complexity index is 2140. The summed E-state index contributed by atoms with van der Waals surface area (Å²) in [6, 6.07) is 39.6. The molecule has 0 saturated heterocycles. The molecule has 3 nitrogen and oxygen atoms in total. The average molecular weight is 872 g/mol. The molecule has 48 heavy (non-hydrogen) atoms. The smallest absolute Gasteiger partial charge is 0 e. The van der Waals surface area contributed by atoms with Crippen molar-refractivity contribution < 1.29 is 28.9 Å². The summed E-state index contributed by atoms with van der Waals surface area (Å²) >= 11 is -1.72. The summed E-state index contributed by atoms with van der Waals surface area (Å²) in [6.07, 6.45) is 3.90. The number of furan rings is 1. The molecule has 245 valence electrons. The molecule has 0 N–H and O–H groups in total. The molecule has 7 rings (SSSR count). The summed E-state index contributed by atoms with van der Waals surface area (Å²) in [6.45, 7) is 6.70. The number of halogens is 1. The number of hydrogen-bond donors (Lipinski definition) is 0. The first-order valence-electron chi connectivity index (χ1n) is 16.1. The van der Waals surface area contributed by atoms with Gasteiger partial charge < -0.3 is 9.40 Å². The van der Waals surface area contributed by atoms with E-state index >= 15 is 0 Å². The van der Waals surface area contributed by atoms with Crippen molar-refractivity contribution in [3.05, 3.63) is 139 Å². The van der Waals surface area contributed by atoms with Gasteiger partial charge in [-0.2, -0.15) is 0 Å². The zero-order chi connectivity index (χ0) is 33.1. The van der Waals surface area contributed by atoms with E-state index in [-0.39, 0.29) is 25.9 Å². The van der Waals surface area contributed by atoms with Gasteiger partial charge in [0.1, 0.15) is 11.4 Å². The molecular formula is C42H39FGeIrN2O-2. The maximum absolute atomic E-state index is 13.7. The van der Waals surface area contributed by atoms with Crippen LogP contribution in [0.2, 0.25) is 17.3 Å². The Morgan fingerprint density at radius 1 is 0.729 bits per heavy atom. The summed E-state index contributed by atoms with van der Waals surface area (Å²) in [5, 5.41) is 2.05. The first-order valence-corrected chi connectivity index (χ1v) is 23.5. The van der Waals surface area contributed by atoms with Gasteiger partial charge in [-0.1, -0.05) is 67.6 Å². The van der Waals surface area contributed by atoms with Gasteiger partial charge in [0.25, 0.3) is 0 Å². The van der Waals surface area contributed by atoms with Crippen LogP contribution < -0.4 is 4.40 Å². The normalized spacial score (nSPS) is 12.0. The number of nitrogens with zero attached hydrogens (tertiary/aromatic N) is 2. The Labute approximate surface area is 299 Å². The minimum atomic E-state index is -1.72. The van der Waals surface area contributed by atoms with E-state index in [1.165, 1.54) is 22.1 Å². The average Bonchev–Trinajstić information content (AvgIpc) is 3.46. The molecule has 1 atom stereocenters. The van der Waals surface area contributed by atoms with Crippen molar-refractivity contribution in [2.24, 2.45) is 5.92 Å². The van der Waals surface area contributed by atoms with Crippen LogP contribution in [-0.2, 0) is 20.1 Å². The minimum absolute atomic E-state index is 0. The molecule has 0 aliphatic carbocycles. The zero-order valence-electron chi connectivity index (χ0n) is 28.1. The van der Waals surface area contributed by atoms with Crippen molar-refractivity contribution in [2.45, 2.75) is 44.0 Å². The van der Waals surface area contributed by atoms with Crippen LogP contribution in [0.25, 0.3) is 55.6 Å². The molecule has 1 radical (unpaired) electrons. The Hall–Kier alpha value is -3.90. The van der Waals surface area contributed by atoms with Gasteiger partial charge in [0, 0.05) is 31.7 Å². The SMILES string of the molecule is CC(C)C(C)c1ccnc(-c2[c-]ccc3c2oc2cc(-c4cccc(F)c4)ccc23)c1.[CH3][Ge]([CH3])([CH3])[c]1ccc(-c2[c-]cccc2)nc1.[Ir]. The third kappa shape index (κ3) is 7.86. The summed E-state index contributed by atoms with van der Waals surface area (Å²) in [5.41, 5.74) is 8.34. The van der Waals surface area contributed by atoms with E-state index < -0.39 is 13.3 Å². The van der Waals surface area contributed by atoms with Crippen LogP contribution in [-0.4, -0.2) is 23.2 Å². The van der Waals surface area contributed by atoms with Crippen molar-refractivity contribution >= 4 is 39.6 Å². The van der Waals surface area contributed by atoms with Crippen molar-refractivity contribution in [2.75, 3.05) is 0 Å². The monoisotopic (exact) mass is 873 g/mol. The number of hydrogen-bond acceptors (Lipinski definition) is 3. The second-order valence-corrected chi connectivity index (χ2v) is 24.0. The fraction of sp³-hybridized carbons (Fsp3) is 0.190. The number of fused-ring (bicyclic) bond motifs is 3. The summed E-state index contributed by atoms with van der Waals surface area (Å²) in [5.74, 6) is 7.87. The molecule has 0 fully saturated rings. The molecule has 7 aromatic rings. The van der Waals surface area contributed by atoms with Crippen LogP contribution >= 0.6 is 0 Å². The van der Waals surface area contributed by atoms with Crippen LogP contribution in [0.3, 0.4) is 0 Å². The van der Waals surface area contributed by atoms with Crippen LogP contribution in [0.15, 0.2) is 120 Å². The number of benzene rings is 4. The molecule has 3 aromatic heterocycles. The number of pyridine rings is 2. The topological polar surface area (TPSA) is 38.9 Å². The number of aromatic nitrogens is 2. The third-order valence-corrected chi connectivity index (χ3v) is 13.0. The van der Waals surface area contributed by atoms with E-state index in [0.717, 1.165) is 55.6 Å². The maximum Gasteiger partial charge on any atom is 0 e.